The molecule has 0 unspecified atom stereocenters. The standard InChI is InChI=1S/C5H11O.Li/c1-5(2)3-4-6;/h5H,3-4H2,1-2H3;/q-1;+1. The number of rotatable bonds is 2. The molecule has 0 bridgehead atoms. The molecule has 1 nitrogen and oxygen atoms in total. The summed E-state index contributed by atoms with van der Waals surface area (Å²) >= 11 is 0. The molecule has 0 spiro atoms. The van der Waals surface area contributed by atoms with Crippen LogP contribution in [-0.4, -0.2) is 6.61 Å². The van der Waals surface area contributed by atoms with Gasteiger partial charge in [-0.15, -0.1) is 6.61 Å². The summed E-state index contributed by atoms with van der Waals surface area (Å²) in [5.41, 5.74) is 0. The Morgan fingerprint density at radius 2 is 1.86 bits per heavy atom. The Labute approximate surface area is 57.3 Å². The van der Waals surface area contributed by atoms with E-state index in [0.717, 1.165) is 6.42 Å². The van der Waals surface area contributed by atoms with Crippen LogP contribution in [0.5, 0.6) is 0 Å². The van der Waals surface area contributed by atoms with Crippen molar-refractivity contribution in [1.29, 1.82) is 0 Å². The summed E-state index contributed by atoms with van der Waals surface area (Å²) in [5, 5.41) is 9.74. The molecule has 2 heteroatoms. The maximum atomic E-state index is 9.74. The van der Waals surface area contributed by atoms with Gasteiger partial charge in [-0.25, -0.2) is 0 Å². The summed E-state index contributed by atoms with van der Waals surface area (Å²) in [7, 11) is 0. The molecule has 0 saturated carbocycles. The summed E-state index contributed by atoms with van der Waals surface area (Å²) < 4.78 is 0. The molecule has 38 valence electrons. The molecule has 0 fully saturated rings. The van der Waals surface area contributed by atoms with E-state index < -0.39 is 0 Å². The first-order valence-corrected chi connectivity index (χ1v) is 2.35. The van der Waals surface area contributed by atoms with Crippen molar-refractivity contribution < 1.29 is 24.0 Å². The van der Waals surface area contributed by atoms with Crippen LogP contribution >= 0.6 is 0 Å². The van der Waals surface area contributed by atoms with E-state index in [1.54, 1.807) is 0 Å². The Morgan fingerprint density at radius 1 is 1.43 bits per heavy atom. The minimum absolute atomic E-state index is 0. The van der Waals surface area contributed by atoms with E-state index >= 15 is 0 Å². The smallest absolute Gasteiger partial charge is 0.854 e. The molecule has 0 saturated heterocycles. The van der Waals surface area contributed by atoms with E-state index in [2.05, 4.69) is 13.8 Å². The molecular weight excluding hydrogens is 83.0 g/mol. The summed E-state index contributed by atoms with van der Waals surface area (Å²) in [6, 6.07) is 0. The summed E-state index contributed by atoms with van der Waals surface area (Å²) in [6.45, 7) is 4.19. The van der Waals surface area contributed by atoms with Crippen LogP contribution in [0.15, 0.2) is 0 Å². The van der Waals surface area contributed by atoms with Gasteiger partial charge in [0.1, 0.15) is 0 Å². The minimum atomic E-state index is 0. The molecule has 0 aliphatic heterocycles. The zero-order chi connectivity index (χ0) is 4.99. The van der Waals surface area contributed by atoms with Crippen LogP contribution in [0, 0.1) is 5.92 Å². The maximum absolute atomic E-state index is 9.74. The van der Waals surface area contributed by atoms with Crippen molar-refractivity contribution in [3.63, 3.8) is 0 Å². The SMILES string of the molecule is CC(C)CC[O-].[Li+]. The second-order valence-corrected chi connectivity index (χ2v) is 1.89. The van der Waals surface area contributed by atoms with Crippen LogP contribution in [0.2, 0.25) is 0 Å². The molecule has 0 atom stereocenters. The topological polar surface area (TPSA) is 23.1 Å². The third-order valence-corrected chi connectivity index (χ3v) is 0.695. The maximum Gasteiger partial charge on any atom is 1.00 e. The molecule has 0 aromatic heterocycles. The van der Waals surface area contributed by atoms with E-state index in [4.69, 9.17) is 0 Å². The van der Waals surface area contributed by atoms with Gasteiger partial charge in [-0.3, -0.25) is 0 Å². The second-order valence-electron chi connectivity index (χ2n) is 1.89. The summed E-state index contributed by atoms with van der Waals surface area (Å²) in [4.78, 5) is 0. The number of hydrogen-bond acceptors (Lipinski definition) is 1. The molecular formula is C5H11LiO. The molecule has 0 heterocycles. The van der Waals surface area contributed by atoms with Gasteiger partial charge in [0.25, 0.3) is 0 Å². The molecule has 0 radical (unpaired) electrons. The first-order chi connectivity index (χ1) is 2.77. The quantitative estimate of drug-likeness (QED) is 0.344. The number of hydrogen-bond donors (Lipinski definition) is 0. The molecule has 0 rings (SSSR count). The molecule has 0 aromatic carbocycles. The Bertz CT molecular complexity index is 29.3. The van der Waals surface area contributed by atoms with Gasteiger partial charge in [-0.2, -0.15) is 0 Å². The fourth-order valence-electron chi connectivity index (χ4n) is 0.236. The molecule has 0 aromatic rings. The van der Waals surface area contributed by atoms with Gasteiger partial charge in [-0.1, -0.05) is 20.3 Å². The zero-order valence-electron chi connectivity index (χ0n) is 5.40. The predicted octanol–water partition coefficient (Wildman–Crippen LogP) is -2.60. The van der Waals surface area contributed by atoms with E-state index in [1.807, 2.05) is 0 Å². The van der Waals surface area contributed by atoms with Crippen molar-refractivity contribution in [3.8, 4) is 0 Å². The van der Waals surface area contributed by atoms with Gasteiger partial charge in [-0.05, 0) is 5.92 Å². The normalized spacial score (nSPS) is 8.57. The Kier molecular flexibility index (Phi) is 9.86. The van der Waals surface area contributed by atoms with Crippen molar-refractivity contribution in [3.05, 3.63) is 0 Å². The summed E-state index contributed by atoms with van der Waals surface area (Å²) in [6.07, 6.45) is 0.819. The van der Waals surface area contributed by atoms with Gasteiger partial charge in [0, 0.05) is 0 Å². The molecule has 7 heavy (non-hydrogen) atoms. The van der Waals surface area contributed by atoms with Crippen LogP contribution in [-0.2, 0) is 0 Å². The Morgan fingerprint density at radius 3 is 1.86 bits per heavy atom. The fraction of sp³-hybridized carbons (Fsp3) is 1.00. The van der Waals surface area contributed by atoms with Gasteiger partial charge in [0.05, 0.1) is 0 Å². The molecule has 0 aliphatic carbocycles. The van der Waals surface area contributed by atoms with E-state index in [1.165, 1.54) is 0 Å². The Hall–Kier alpha value is 0.557. The minimum Gasteiger partial charge on any atom is -0.854 e. The van der Waals surface area contributed by atoms with E-state index in [-0.39, 0.29) is 25.5 Å². The Balaban J connectivity index is 0. The van der Waals surface area contributed by atoms with Crippen molar-refractivity contribution in [2.24, 2.45) is 5.92 Å². The van der Waals surface area contributed by atoms with Gasteiger partial charge < -0.3 is 5.11 Å². The van der Waals surface area contributed by atoms with Crippen LogP contribution in [0.1, 0.15) is 20.3 Å². The van der Waals surface area contributed by atoms with Crippen molar-refractivity contribution in [2.75, 3.05) is 6.61 Å². The third-order valence-electron chi connectivity index (χ3n) is 0.695. The second kappa shape index (κ2) is 6.56. The van der Waals surface area contributed by atoms with Crippen LogP contribution < -0.4 is 24.0 Å². The molecule has 0 amide bonds. The predicted molar refractivity (Wildman–Crippen MR) is 24.3 cm³/mol. The van der Waals surface area contributed by atoms with Crippen molar-refractivity contribution >= 4 is 0 Å². The average molecular weight is 94.1 g/mol. The zero-order valence-corrected chi connectivity index (χ0v) is 5.40. The van der Waals surface area contributed by atoms with Crippen LogP contribution in [0.4, 0.5) is 0 Å². The monoisotopic (exact) mass is 94.1 g/mol. The summed E-state index contributed by atoms with van der Waals surface area (Å²) in [5.74, 6) is 0.586. The first-order valence-electron chi connectivity index (χ1n) is 2.35. The molecule has 0 aliphatic rings. The van der Waals surface area contributed by atoms with Crippen LogP contribution in [0.3, 0.4) is 0 Å². The average Bonchev–Trinajstić information content (AvgIpc) is 1.35. The van der Waals surface area contributed by atoms with Gasteiger partial charge in [0.2, 0.25) is 0 Å². The van der Waals surface area contributed by atoms with Crippen LogP contribution in [0.25, 0.3) is 0 Å². The third kappa shape index (κ3) is 10.8. The van der Waals surface area contributed by atoms with Crippen molar-refractivity contribution in [1.82, 2.24) is 0 Å². The van der Waals surface area contributed by atoms with Gasteiger partial charge in [0.15, 0.2) is 0 Å². The van der Waals surface area contributed by atoms with Gasteiger partial charge >= 0.3 is 18.9 Å². The molecule has 0 N–H and O–H groups in total. The first kappa shape index (κ1) is 10.5. The fourth-order valence-corrected chi connectivity index (χ4v) is 0.236. The van der Waals surface area contributed by atoms with E-state index in [0.29, 0.717) is 5.92 Å². The van der Waals surface area contributed by atoms with Crippen molar-refractivity contribution in [2.45, 2.75) is 20.3 Å². The van der Waals surface area contributed by atoms with E-state index in [9.17, 15) is 5.11 Å². The largest absolute Gasteiger partial charge is 1.00 e.